The third-order valence-corrected chi connectivity index (χ3v) is 3.24. The first kappa shape index (κ1) is 15.0. The van der Waals surface area contributed by atoms with Crippen LogP contribution < -0.4 is 10.5 Å². The Balaban J connectivity index is 2.74. The summed E-state index contributed by atoms with van der Waals surface area (Å²) in [6, 6.07) is 8.19. The quantitative estimate of drug-likeness (QED) is 0.808. The summed E-state index contributed by atoms with van der Waals surface area (Å²) in [6.07, 6.45) is 0. The van der Waals surface area contributed by atoms with Crippen molar-refractivity contribution >= 4 is 0 Å². The van der Waals surface area contributed by atoms with Gasteiger partial charge in [0, 0.05) is 18.7 Å². The van der Waals surface area contributed by atoms with Crippen LogP contribution >= 0.6 is 0 Å². The van der Waals surface area contributed by atoms with Crippen LogP contribution in [0.5, 0.6) is 5.75 Å². The van der Waals surface area contributed by atoms with Gasteiger partial charge in [0.05, 0.1) is 7.11 Å². The molecule has 0 spiro atoms. The minimum atomic E-state index is 0.151. The summed E-state index contributed by atoms with van der Waals surface area (Å²) in [4.78, 5) is 2.41. The molecule has 0 atom stereocenters. The van der Waals surface area contributed by atoms with Crippen LogP contribution in [0.1, 0.15) is 26.3 Å². The van der Waals surface area contributed by atoms with E-state index in [2.05, 4.69) is 37.8 Å². The SMILES string of the molecule is CCN(Cc1ccccc1OC)CC(C)(C)CN. The molecule has 18 heavy (non-hydrogen) atoms. The lowest BCUT2D eigenvalue weighted by Gasteiger charge is -2.31. The van der Waals surface area contributed by atoms with Crippen molar-refractivity contribution in [1.82, 2.24) is 4.90 Å². The maximum atomic E-state index is 5.81. The highest BCUT2D eigenvalue weighted by Crippen LogP contribution is 2.22. The number of methoxy groups -OCH3 is 1. The predicted octanol–water partition coefficient (Wildman–Crippen LogP) is 2.50. The molecular formula is C15H26N2O. The fourth-order valence-electron chi connectivity index (χ4n) is 2.02. The molecule has 3 heteroatoms. The Morgan fingerprint density at radius 3 is 2.50 bits per heavy atom. The number of benzene rings is 1. The lowest BCUT2D eigenvalue weighted by molar-refractivity contribution is 0.182. The smallest absolute Gasteiger partial charge is 0.123 e. The van der Waals surface area contributed by atoms with Gasteiger partial charge in [0.25, 0.3) is 0 Å². The number of ether oxygens (including phenoxy) is 1. The normalized spacial score (nSPS) is 11.9. The molecule has 0 saturated carbocycles. The topological polar surface area (TPSA) is 38.5 Å². The largest absolute Gasteiger partial charge is 0.496 e. The highest BCUT2D eigenvalue weighted by Gasteiger charge is 2.20. The van der Waals surface area contributed by atoms with Gasteiger partial charge in [-0.2, -0.15) is 0 Å². The Hall–Kier alpha value is -1.06. The zero-order valence-corrected chi connectivity index (χ0v) is 12.1. The lowest BCUT2D eigenvalue weighted by atomic mass is 9.93. The summed E-state index contributed by atoms with van der Waals surface area (Å²) in [5.74, 6) is 0.960. The van der Waals surface area contributed by atoms with E-state index in [1.807, 2.05) is 12.1 Å². The van der Waals surface area contributed by atoms with Crippen molar-refractivity contribution in [2.75, 3.05) is 26.7 Å². The molecule has 0 fully saturated rings. The maximum Gasteiger partial charge on any atom is 0.123 e. The summed E-state index contributed by atoms with van der Waals surface area (Å²) in [6.45, 7) is 10.2. The first-order chi connectivity index (χ1) is 8.52. The molecule has 2 N–H and O–H groups in total. The first-order valence-electron chi connectivity index (χ1n) is 6.56. The third-order valence-electron chi connectivity index (χ3n) is 3.24. The molecule has 1 aromatic rings. The molecule has 0 radical (unpaired) electrons. The number of nitrogens with two attached hydrogens (primary N) is 1. The van der Waals surface area contributed by atoms with Gasteiger partial charge in [0.15, 0.2) is 0 Å². The Kier molecular flexibility index (Phi) is 5.63. The zero-order valence-electron chi connectivity index (χ0n) is 12.1. The maximum absolute atomic E-state index is 5.81. The Morgan fingerprint density at radius 2 is 1.94 bits per heavy atom. The van der Waals surface area contributed by atoms with E-state index < -0.39 is 0 Å². The molecule has 0 aliphatic heterocycles. The number of hydrogen-bond donors (Lipinski definition) is 1. The number of hydrogen-bond acceptors (Lipinski definition) is 3. The Morgan fingerprint density at radius 1 is 1.28 bits per heavy atom. The molecule has 0 bridgehead atoms. The van der Waals surface area contributed by atoms with Crippen LogP contribution in [0.25, 0.3) is 0 Å². The number of rotatable bonds is 7. The first-order valence-corrected chi connectivity index (χ1v) is 6.56. The highest BCUT2D eigenvalue weighted by molar-refractivity contribution is 5.33. The van der Waals surface area contributed by atoms with Crippen LogP contribution in [0, 0.1) is 5.41 Å². The monoisotopic (exact) mass is 250 g/mol. The molecule has 0 heterocycles. The minimum absolute atomic E-state index is 0.151. The van der Waals surface area contributed by atoms with Crippen LogP contribution in [0.3, 0.4) is 0 Å². The summed E-state index contributed by atoms with van der Waals surface area (Å²) >= 11 is 0. The summed E-state index contributed by atoms with van der Waals surface area (Å²) in [5.41, 5.74) is 7.19. The molecule has 102 valence electrons. The van der Waals surface area contributed by atoms with E-state index >= 15 is 0 Å². The summed E-state index contributed by atoms with van der Waals surface area (Å²) in [7, 11) is 1.72. The second-order valence-corrected chi connectivity index (χ2v) is 5.48. The fraction of sp³-hybridized carbons (Fsp3) is 0.600. The molecule has 0 amide bonds. The fourth-order valence-corrected chi connectivity index (χ4v) is 2.02. The van der Waals surface area contributed by atoms with Crippen LogP contribution in [0.2, 0.25) is 0 Å². The molecule has 0 saturated heterocycles. The van der Waals surface area contributed by atoms with Gasteiger partial charge in [-0.1, -0.05) is 39.0 Å². The van der Waals surface area contributed by atoms with Crippen LogP contribution in [0.15, 0.2) is 24.3 Å². The summed E-state index contributed by atoms with van der Waals surface area (Å²) < 4.78 is 5.40. The Labute approximate surface area is 111 Å². The van der Waals surface area contributed by atoms with Gasteiger partial charge in [-0.05, 0) is 24.6 Å². The van der Waals surface area contributed by atoms with Crippen molar-refractivity contribution in [2.45, 2.75) is 27.3 Å². The standard InChI is InChI=1S/C15H26N2O/c1-5-17(12-15(2,3)11-16)10-13-8-6-7-9-14(13)18-4/h6-9H,5,10-12,16H2,1-4H3. The minimum Gasteiger partial charge on any atom is -0.496 e. The zero-order chi connectivity index (χ0) is 13.6. The molecule has 0 aromatic heterocycles. The van der Waals surface area contributed by atoms with Gasteiger partial charge in [-0.25, -0.2) is 0 Å². The molecular weight excluding hydrogens is 224 g/mol. The van der Waals surface area contributed by atoms with Gasteiger partial charge in [0.2, 0.25) is 0 Å². The highest BCUT2D eigenvalue weighted by atomic mass is 16.5. The lowest BCUT2D eigenvalue weighted by Crippen LogP contribution is -2.38. The van der Waals surface area contributed by atoms with Crippen LogP contribution in [0.4, 0.5) is 0 Å². The van der Waals surface area contributed by atoms with E-state index in [9.17, 15) is 0 Å². The van der Waals surface area contributed by atoms with Crippen molar-refractivity contribution in [1.29, 1.82) is 0 Å². The van der Waals surface area contributed by atoms with E-state index in [-0.39, 0.29) is 5.41 Å². The van der Waals surface area contributed by atoms with Gasteiger partial charge < -0.3 is 10.5 Å². The van der Waals surface area contributed by atoms with Crippen LogP contribution in [-0.4, -0.2) is 31.6 Å². The third kappa shape index (κ3) is 4.31. The molecule has 1 aromatic carbocycles. The molecule has 3 nitrogen and oxygen atoms in total. The molecule has 0 aliphatic rings. The van der Waals surface area contributed by atoms with Gasteiger partial charge in [-0.3, -0.25) is 4.90 Å². The van der Waals surface area contributed by atoms with Crippen LogP contribution in [-0.2, 0) is 6.54 Å². The van der Waals surface area contributed by atoms with Crippen molar-refractivity contribution in [2.24, 2.45) is 11.1 Å². The van der Waals surface area contributed by atoms with E-state index in [0.717, 1.165) is 25.4 Å². The second-order valence-electron chi connectivity index (χ2n) is 5.48. The van der Waals surface area contributed by atoms with E-state index in [1.165, 1.54) is 5.56 Å². The second kappa shape index (κ2) is 6.76. The van der Waals surface area contributed by atoms with Crippen molar-refractivity contribution in [3.05, 3.63) is 29.8 Å². The predicted molar refractivity (Wildman–Crippen MR) is 76.8 cm³/mol. The van der Waals surface area contributed by atoms with Gasteiger partial charge in [-0.15, -0.1) is 0 Å². The van der Waals surface area contributed by atoms with Gasteiger partial charge in [0.1, 0.15) is 5.75 Å². The average Bonchev–Trinajstić information content (AvgIpc) is 2.38. The Bertz CT molecular complexity index is 363. The molecule has 1 rings (SSSR count). The van der Waals surface area contributed by atoms with E-state index in [1.54, 1.807) is 7.11 Å². The van der Waals surface area contributed by atoms with Crippen molar-refractivity contribution in [3.63, 3.8) is 0 Å². The van der Waals surface area contributed by atoms with Crippen molar-refractivity contribution in [3.8, 4) is 5.75 Å². The summed E-state index contributed by atoms with van der Waals surface area (Å²) in [5, 5.41) is 0. The van der Waals surface area contributed by atoms with Crippen molar-refractivity contribution < 1.29 is 4.74 Å². The number of para-hydroxylation sites is 1. The molecule has 0 unspecified atom stereocenters. The van der Waals surface area contributed by atoms with E-state index in [4.69, 9.17) is 10.5 Å². The molecule has 0 aliphatic carbocycles. The average molecular weight is 250 g/mol. The van der Waals surface area contributed by atoms with Gasteiger partial charge >= 0.3 is 0 Å². The van der Waals surface area contributed by atoms with E-state index in [0.29, 0.717) is 6.54 Å². The number of nitrogens with zero attached hydrogens (tertiary/aromatic N) is 1.